The van der Waals surface area contributed by atoms with Crippen molar-refractivity contribution in [3.8, 4) is 5.75 Å². The molecule has 0 spiro atoms. The lowest BCUT2D eigenvalue weighted by atomic mass is 10.1. The third kappa shape index (κ3) is 5.68. The average molecular weight is 404 g/mol. The normalized spacial score (nSPS) is 10.0. The zero-order valence-corrected chi connectivity index (χ0v) is 16.3. The van der Waals surface area contributed by atoms with E-state index in [2.05, 4.69) is 15.4 Å². The maximum Gasteiger partial charge on any atom is 0.337 e. The summed E-state index contributed by atoms with van der Waals surface area (Å²) in [4.78, 5) is 36.2. The summed E-state index contributed by atoms with van der Waals surface area (Å²) in [7, 11) is 1.28. The van der Waals surface area contributed by atoms with Crippen LogP contribution in [0.15, 0.2) is 78.9 Å². The van der Waals surface area contributed by atoms with Gasteiger partial charge in [0.25, 0.3) is 11.8 Å². The molecule has 0 saturated carbocycles. The molecule has 0 aliphatic heterocycles. The lowest BCUT2D eigenvalue weighted by molar-refractivity contribution is -0.118. The summed E-state index contributed by atoms with van der Waals surface area (Å²) in [5, 5.41) is 5.46. The molecule has 0 atom stereocenters. The first-order chi connectivity index (χ1) is 14.5. The summed E-state index contributed by atoms with van der Waals surface area (Å²) in [5.41, 5.74) is 1.59. The number of hydrogen-bond donors (Lipinski definition) is 2. The van der Waals surface area contributed by atoms with Crippen LogP contribution in [0.2, 0.25) is 0 Å². The second-order valence-corrected chi connectivity index (χ2v) is 6.26. The highest BCUT2D eigenvalue weighted by Crippen LogP contribution is 2.17. The Morgan fingerprint density at radius 3 is 2.17 bits per heavy atom. The molecule has 7 nitrogen and oxygen atoms in total. The van der Waals surface area contributed by atoms with E-state index < -0.39 is 11.9 Å². The van der Waals surface area contributed by atoms with Crippen LogP contribution < -0.4 is 15.4 Å². The number of benzene rings is 3. The number of carbonyl (C=O) groups excluding carboxylic acids is 3. The van der Waals surface area contributed by atoms with Gasteiger partial charge in [0.1, 0.15) is 5.75 Å². The standard InChI is InChI=1S/C23H20N2O5/c1-29-23(28)17-8-5-7-16(13-17)22(27)25-19-10-6-9-18(14-19)24-21(26)15-30-20-11-3-2-4-12-20/h2-14H,15H2,1H3,(H,24,26)(H,25,27). The van der Waals surface area contributed by atoms with Gasteiger partial charge in [-0.15, -0.1) is 0 Å². The quantitative estimate of drug-likeness (QED) is 0.585. The fourth-order valence-corrected chi connectivity index (χ4v) is 2.65. The summed E-state index contributed by atoms with van der Waals surface area (Å²) in [6.45, 7) is -0.138. The van der Waals surface area contributed by atoms with E-state index in [4.69, 9.17) is 4.74 Å². The Hall–Kier alpha value is -4.13. The Labute approximate surface area is 173 Å². The predicted octanol–water partition coefficient (Wildman–Crippen LogP) is 3.74. The van der Waals surface area contributed by atoms with Gasteiger partial charge in [-0.3, -0.25) is 9.59 Å². The molecule has 0 aromatic heterocycles. The number of anilines is 2. The minimum absolute atomic E-state index is 0.138. The van der Waals surface area contributed by atoms with Gasteiger partial charge in [-0.05, 0) is 48.5 Å². The van der Waals surface area contributed by atoms with Gasteiger partial charge in [0.15, 0.2) is 6.61 Å². The van der Waals surface area contributed by atoms with Gasteiger partial charge >= 0.3 is 5.97 Å². The summed E-state index contributed by atoms with van der Waals surface area (Å²) < 4.78 is 10.1. The van der Waals surface area contributed by atoms with Crippen molar-refractivity contribution in [2.45, 2.75) is 0 Å². The van der Waals surface area contributed by atoms with Gasteiger partial charge in [-0.25, -0.2) is 4.79 Å². The van der Waals surface area contributed by atoms with Crippen LogP contribution in [0.1, 0.15) is 20.7 Å². The molecule has 0 aliphatic carbocycles. The summed E-state index contributed by atoms with van der Waals surface area (Å²) in [6.07, 6.45) is 0. The van der Waals surface area contributed by atoms with Crippen molar-refractivity contribution in [2.75, 3.05) is 24.4 Å². The van der Waals surface area contributed by atoms with Crippen molar-refractivity contribution < 1.29 is 23.9 Å². The second-order valence-electron chi connectivity index (χ2n) is 6.26. The van der Waals surface area contributed by atoms with Gasteiger partial charge in [0, 0.05) is 16.9 Å². The second kappa shape index (κ2) is 9.88. The molecule has 0 unspecified atom stereocenters. The highest BCUT2D eigenvalue weighted by molar-refractivity contribution is 6.06. The Morgan fingerprint density at radius 1 is 0.767 bits per heavy atom. The van der Waals surface area contributed by atoms with E-state index >= 15 is 0 Å². The maximum atomic E-state index is 12.5. The van der Waals surface area contributed by atoms with Gasteiger partial charge < -0.3 is 20.1 Å². The lowest BCUT2D eigenvalue weighted by Gasteiger charge is -2.10. The number of esters is 1. The Bertz CT molecular complexity index is 1050. The van der Waals surface area contributed by atoms with E-state index in [0.717, 1.165) is 0 Å². The van der Waals surface area contributed by atoms with Crippen molar-refractivity contribution in [3.63, 3.8) is 0 Å². The maximum absolute atomic E-state index is 12.5. The van der Waals surface area contributed by atoms with Gasteiger partial charge in [-0.2, -0.15) is 0 Å². The van der Waals surface area contributed by atoms with Crippen LogP contribution in [0.4, 0.5) is 11.4 Å². The molecular formula is C23H20N2O5. The van der Waals surface area contributed by atoms with Crippen molar-refractivity contribution >= 4 is 29.2 Å². The number of nitrogens with one attached hydrogen (secondary N) is 2. The molecule has 0 radical (unpaired) electrons. The molecule has 3 rings (SSSR count). The first kappa shape index (κ1) is 20.6. The van der Waals surface area contributed by atoms with Crippen LogP contribution in [0.25, 0.3) is 0 Å². The van der Waals surface area contributed by atoms with Crippen molar-refractivity contribution in [2.24, 2.45) is 0 Å². The van der Waals surface area contributed by atoms with Crippen LogP contribution in [0.3, 0.4) is 0 Å². The van der Waals surface area contributed by atoms with Crippen LogP contribution in [-0.4, -0.2) is 31.5 Å². The molecule has 0 aliphatic rings. The number of rotatable bonds is 7. The van der Waals surface area contributed by atoms with E-state index in [0.29, 0.717) is 22.7 Å². The number of para-hydroxylation sites is 1. The van der Waals surface area contributed by atoms with E-state index in [1.807, 2.05) is 18.2 Å². The SMILES string of the molecule is COC(=O)c1cccc(C(=O)Nc2cccc(NC(=O)COc3ccccc3)c2)c1. The zero-order chi connectivity index (χ0) is 21.3. The van der Waals surface area contributed by atoms with Gasteiger partial charge in [0.05, 0.1) is 12.7 Å². The summed E-state index contributed by atoms with van der Waals surface area (Å²) >= 11 is 0. The molecule has 0 bridgehead atoms. The average Bonchev–Trinajstić information content (AvgIpc) is 2.78. The highest BCUT2D eigenvalue weighted by atomic mass is 16.5. The molecule has 30 heavy (non-hydrogen) atoms. The number of amides is 2. The van der Waals surface area contributed by atoms with Gasteiger partial charge in [-0.1, -0.05) is 30.3 Å². The largest absolute Gasteiger partial charge is 0.484 e. The molecule has 2 amide bonds. The fourth-order valence-electron chi connectivity index (χ4n) is 2.65. The molecule has 3 aromatic carbocycles. The smallest absolute Gasteiger partial charge is 0.337 e. The Balaban J connectivity index is 1.60. The highest BCUT2D eigenvalue weighted by Gasteiger charge is 2.11. The van der Waals surface area contributed by atoms with Crippen LogP contribution in [0, 0.1) is 0 Å². The zero-order valence-electron chi connectivity index (χ0n) is 16.3. The van der Waals surface area contributed by atoms with Crippen LogP contribution in [-0.2, 0) is 9.53 Å². The molecule has 0 saturated heterocycles. The molecule has 0 fully saturated rings. The number of ether oxygens (including phenoxy) is 2. The first-order valence-corrected chi connectivity index (χ1v) is 9.12. The fraction of sp³-hybridized carbons (Fsp3) is 0.0870. The summed E-state index contributed by atoms with van der Waals surface area (Å²) in [6, 6.07) is 22.0. The molecule has 0 heterocycles. The first-order valence-electron chi connectivity index (χ1n) is 9.12. The van der Waals surface area contributed by atoms with Crippen molar-refractivity contribution in [1.29, 1.82) is 0 Å². The van der Waals surface area contributed by atoms with Crippen LogP contribution in [0.5, 0.6) is 5.75 Å². The van der Waals surface area contributed by atoms with E-state index in [1.54, 1.807) is 54.6 Å². The van der Waals surface area contributed by atoms with E-state index in [-0.39, 0.29) is 18.1 Å². The lowest BCUT2D eigenvalue weighted by Crippen LogP contribution is -2.20. The van der Waals surface area contributed by atoms with Gasteiger partial charge in [0.2, 0.25) is 0 Å². The third-order valence-electron chi connectivity index (χ3n) is 4.06. The third-order valence-corrected chi connectivity index (χ3v) is 4.06. The number of hydrogen-bond acceptors (Lipinski definition) is 5. The topological polar surface area (TPSA) is 93.7 Å². The van der Waals surface area contributed by atoms with Crippen molar-refractivity contribution in [3.05, 3.63) is 90.0 Å². The van der Waals surface area contributed by atoms with E-state index in [9.17, 15) is 14.4 Å². The predicted molar refractivity (Wildman–Crippen MR) is 113 cm³/mol. The Morgan fingerprint density at radius 2 is 1.43 bits per heavy atom. The minimum Gasteiger partial charge on any atom is -0.484 e. The molecular weight excluding hydrogens is 384 g/mol. The number of methoxy groups -OCH3 is 1. The number of carbonyl (C=O) groups is 3. The molecule has 7 heteroatoms. The molecule has 2 N–H and O–H groups in total. The minimum atomic E-state index is -0.521. The van der Waals surface area contributed by atoms with Crippen molar-refractivity contribution in [1.82, 2.24) is 0 Å². The Kier molecular flexibility index (Phi) is 6.78. The molecule has 152 valence electrons. The van der Waals surface area contributed by atoms with E-state index in [1.165, 1.54) is 13.2 Å². The van der Waals surface area contributed by atoms with Crippen LogP contribution >= 0.6 is 0 Å². The summed E-state index contributed by atoms with van der Waals surface area (Å²) in [5.74, 6) is -0.639. The monoisotopic (exact) mass is 404 g/mol. The molecule has 3 aromatic rings.